The highest BCUT2D eigenvalue weighted by Gasteiger charge is 2.28. The van der Waals surface area contributed by atoms with Crippen molar-refractivity contribution >= 4 is 0 Å². The first-order valence-corrected chi connectivity index (χ1v) is 4.85. The highest BCUT2D eigenvalue weighted by molar-refractivity contribution is 5.28. The lowest BCUT2D eigenvalue weighted by molar-refractivity contribution is 0.379. The molecule has 1 nitrogen and oxygen atoms in total. The van der Waals surface area contributed by atoms with Crippen LogP contribution in [0.2, 0.25) is 0 Å². The first-order chi connectivity index (χ1) is 7.31. The Labute approximate surface area is 91.3 Å². The van der Waals surface area contributed by atoms with Crippen LogP contribution < -0.4 is 5.73 Å². The van der Waals surface area contributed by atoms with Gasteiger partial charge < -0.3 is 5.73 Å². The zero-order valence-electron chi connectivity index (χ0n) is 9.08. The zero-order valence-corrected chi connectivity index (χ0v) is 9.08. The van der Waals surface area contributed by atoms with Crippen molar-refractivity contribution < 1.29 is 17.6 Å². The summed E-state index contributed by atoms with van der Waals surface area (Å²) in [5.41, 5.74) is 4.29. The number of halogens is 4. The van der Waals surface area contributed by atoms with Crippen LogP contribution in [0.15, 0.2) is 6.07 Å². The van der Waals surface area contributed by atoms with Crippen LogP contribution in [-0.4, -0.2) is 6.54 Å². The first kappa shape index (κ1) is 13.0. The van der Waals surface area contributed by atoms with Crippen LogP contribution in [0.4, 0.5) is 17.6 Å². The molecule has 0 radical (unpaired) electrons. The van der Waals surface area contributed by atoms with Gasteiger partial charge in [-0.15, -0.1) is 0 Å². The van der Waals surface area contributed by atoms with E-state index in [1.165, 1.54) is 0 Å². The summed E-state index contributed by atoms with van der Waals surface area (Å²) in [6, 6.07) is 0.684. The Morgan fingerprint density at radius 2 is 1.62 bits per heavy atom. The molecule has 0 spiro atoms. The number of rotatable bonds is 3. The van der Waals surface area contributed by atoms with Crippen molar-refractivity contribution in [2.24, 2.45) is 5.73 Å². The predicted molar refractivity (Wildman–Crippen MR) is 53.0 cm³/mol. The number of hydrogen-bond acceptors (Lipinski definition) is 1. The van der Waals surface area contributed by atoms with Gasteiger partial charge in [0.1, 0.15) is 0 Å². The Bertz CT molecular complexity index is 401. The second kappa shape index (κ2) is 4.41. The highest BCUT2D eigenvalue weighted by Crippen LogP contribution is 2.31. The third-order valence-corrected chi connectivity index (χ3v) is 2.60. The van der Waals surface area contributed by atoms with Crippen molar-refractivity contribution in [1.29, 1.82) is 0 Å². The molecule has 1 aromatic carbocycles. The summed E-state index contributed by atoms with van der Waals surface area (Å²) < 4.78 is 52.1. The highest BCUT2D eigenvalue weighted by atomic mass is 19.2. The van der Waals surface area contributed by atoms with Gasteiger partial charge in [-0.25, -0.2) is 17.6 Å². The van der Waals surface area contributed by atoms with Gasteiger partial charge in [-0.3, -0.25) is 0 Å². The van der Waals surface area contributed by atoms with Gasteiger partial charge in [0, 0.05) is 0 Å². The number of nitrogens with two attached hydrogens (primary N) is 1. The van der Waals surface area contributed by atoms with E-state index in [-0.39, 0.29) is 12.1 Å². The van der Waals surface area contributed by atoms with Crippen molar-refractivity contribution in [2.45, 2.75) is 25.7 Å². The lowest BCUT2D eigenvalue weighted by Gasteiger charge is -2.25. The van der Waals surface area contributed by atoms with Gasteiger partial charge in [0.2, 0.25) is 0 Å². The molecule has 5 heteroatoms. The summed E-state index contributed by atoms with van der Waals surface area (Å²) in [5.74, 6) is -6.30. The molecular formula is C11H13F4N. The Hall–Kier alpha value is -1.10. The van der Waals surface area contributed by atoms with E-state index in [0.717, 1.165) is 0 Å². The van der Waals surface area contributed by atoms with Gasteiger partial charge in [-0.1, -0.05) is 13.8 Å². The van der Waals surface area contributed by atoms with Crippen molar-refractivity contribution in [2.75, 3.05) is 6.54 Å². The van der Waals surface area contributed by atoms with Gasteiger partial charge in [-0.05, 0) is 30.0 Å². The molecular weight excluding hydrogens is 222 g/mol. The maximum atomic E-state index is 13.4. The standard InChI is InChI=1S/C11H13F4N/c1-11(2,3-4-16)6-5-7(12)9(14)10(15)8(6)13/h5H,3-4,16H2,1-2H3. The molecule has 0 saturated heterocycles. The van der Waals surface area contributed by atoms with Crippen molar-refractivity contribution in [3.8, 4) is 0 Å². The number of hydrogen-bond donors (Lipinski definition) is 1. The summed E-state index contributed by atoms with van der Waals surface area (Å²) in [7, 11) is 0. The molecule has 0 heterocycles. The Morgan fingerprint density at radius 3 is 2.12 bits per heavy atom. The smallest absolute Gasteiger partial charge is 0.197 e. The first-order valence-electron chi connectivity index (χ1n) is 4.85. The van der Waals surface area contributed by atoms with Crippen LogP contribution in [0.25, 0.3) is 0 Å². The Balaban J connectivity index is 3.35. The Kier molecular flexibility index (Phi) is 3.57. The molecule has 0 bridgehead atoms. The van der Waals surface area contributed by atoms with Crippen molar-refractivity contribution in [3.05, 3.63) is 34.9 Å². The molecule has 16 heavy (non-hydrogen) atoms. The van der Waals surface area contributed by atoms with E-state index in [2.05, 4.69) is 0 Å². The molecule has 0 unspecified atom stereocenters. The Morgan fingerprint density at radius 1 is 1.06 bits per heavy atom. The van der Waals surface area contributed by atoms with Crippen LogP contribution in [0.5, 0.6) is 0 Å². The minimum absolute atomic E-state index is 0.200. The molecule has 1 aromatic rings. The van der Waals surface area contributed by atoms with E-state index in [0.29, 0.717) is 12.5 Å². The average Bonchev–Trinajstić information content (AvgIpc) is 2.20. The third-order valence-electron chi connectivity index (χ3n) is 2.60. The van der Waals surface area contributed by atoms with Gasteiger partial charge in [0.25, 0.3) is 0 Å². The van der Waals surface area contributed by atoms with Crippen molar-refractivity contribution in [1.82, 2.24) is 0 Å². The number of benzene rings is 1. The summed E-state index contributed by atoms with van der Waals surface area (Å²) >= 11 is 0. The fourth-order valence-electron chi connectivity index (χ4n) is 1.56. The monoisotopic (exact) mass is 235 g/mol. The molecule has 0 fully saturated rings. The summed E-state index contributed by atoms with van der Waals surface area (Å²) in [6.45, 7) is 3.43. The van der Waals surface area contributed by atoms with E-state index >= 15 is 0 Å². The van der Waals surface area contributed by atoms with E-state index in [9.17, 15) is 17.6 Å². The van der Waals surface area contributed by atoms with E-state index in [1.54, 1.807) is 13.8 Å². The molecule has 0 aromatic heterocycles. The summed E-state index contributed by atoms with van der Waals surface area (Å²) in [5, 5.41) is 0. The molecule has 2 N–H and O–H groups in total. The third kappa shape index (κ3) is 2.19. The zero-order chi connectivity index (χ0) is 12.5. The van der Waals surface area contributed by atoms with E-state index in [4.69, 9.17) is 5.73 Å². The topological polar surface area (TPSA) is 26.0 Å². The summed E-state index contributed by atoms with van der Waals surface area (Å²) in [6.07, 6.45) is 0.342. The lowest BCUT2D eigenvalue weighted by Crippen LogP contribution is -2.24. The van der Waals surface area contributed by atoms with Crippen LogP contribution in [0, 0.1) is 23.3 Å². The fraction of sp³-hybridized carbons (Fsp3) is 0.455. The molecule has 0 amide bonds. The van der Waals surface area contributed by atoms with Gasteiger partial charge in [0.15, 0.2) is 23.3 Å². The normalized spacial score (nSPS) is 11.9. The van der Waals surface area contributed by atoms with E-state index in [1.807, 2.05) is 0 Å². The van der Waals surface area contributed by atoms with E-state index < -0.39 is 28.7 Å². The minimum atomic E-state index is -1.79. The molecule has 0 aliphatic rings. The lowest BCUT2D eigenvalue weighted by atomic mass is 9.81. The average molecular weight is 235 g/mol. The second-order valence-corrected chi connectivity index (χ2v) is 4.27. The minimum Gasteiger partial charge on any atom is -0.330 e. The van der Waals surface area contributed by atoms with Gasteiger partial charge in [0.05, 0.1) is 0 Å². The van der Waals surface area contributed by atoms with Crippen molar-refractivity contribution in [3.63, 3.8) is 0 Å². The maximum Gasteiger partial charge on any atom is 0.197 e. The van der Waals surface area contributed by atoms with Crippen LogP contribution in [-0.2, 0) is 5.41 Å². The largest absolute Gasteiger partial charge is 0.330 e. The predicted octanol–water partition coefficient (Wildman–Crippen LogP) is 2.87. The second-order valence-electron chi connectivity index (χ2n) is 4.27. The molecule has 90 valence electrons. The van der Waals surface area contributed by atoms with Crippen LogP contribution in [0.3, 0.4) is 0 Å². The van der Waals surface area contributed by atoms with Gasteiger partial charge >= 0.3 is 0 Å². The molecule has 0 saturated carbocycles. The molecule has 1 rings (SSSR count). The van der Waals surface area contributed by atoms with Gasteiger partial charge in [-0.2, -0.15) is 0 Å². The summed E-state index contributed by atoms with van der Waals surface area (Å²) in [4.78, 5) is 0. The molecule has 0 atom stereocenters. The maximum absolute atomic E-state index is 13.4. The molecule has 0 aliphatic carbocycles. The fourth-order valence-corrected chi connectivity index (χ4v) is 1.56. The quantitative estimate of drug-likeness (QED) is 0.486. The molecule has 0 aliphatic heterocycles. The van der Waals surface area contributed by atoms with Crippen LogP contribution in [0.1, 0.15) is 25.8 Å². The SMILES string of the molecule is CC(C)(CCN)c1cc(F)c(F)c(F)c1F. The van der Waals surface area contributed by atoms with Crippen LogP contribution >= 0.6 is 0 Å².